The summed E-state index contributed by atoms with van der Waals surface area (Å²) < 4.78 is 0. The third-order valence-corrected chi connectivity index (χ3v) is 4.61. The predicted molar refractivity (Wildman–Crippen MR) is 107 cm³/mol. The topological polar surface area (TPSA) is 45.2 Å². The number of piperidine rings is 1. The van der Waals surface area contributed by atoms with Gasteiger partial charge in [-0.15, -0.1) is 24.8 Å². The number of carbonyl (C=O) groups excluding carboxylic acids is 1. The molecule has 2 aromatic rings. The summed E-state index contributed by atoms with van der Waals surface area (Å²) in [5, 5.41) is 3.97. The van der Waals surface area contributed by atoms with Crippen molar-refractivity contribution in [2.45, 2.75) is 18.9 Å². The molecule has 0 spiro atoms. The standard InChI is InChI=1S/C18H20ClN3O.2ClH/c1-20-17-6-8-22(9-7-17)18(23)15-10-14(11-21-12-15)13-2-4-16(19)5-3-13;;/h2-5,10-12,17,20H,6-9H2,1H3;2*1H. The molecule has 25 heavy (non-hydrogen) atoms. The zero-order valence-corrected chi connectivity index (χ0v) is 16.3. The van der Waals surface area contributed by atoms with Crippen molar-refractivity contribution in [3.05, 3.63) is 53.3 Å². The Bertz CT molecular complexity index is 686. The maximum absolute atomic E-state index is 12.7. The van der Waals surface area contributed by atoms with Crippen LogP contribution in [-0.4, -0.2) is 42.0 Å². The number of carbonyl (C=O) groups is 1. The normalized spacial score (nSPS) is 14.4. The summed E-state index contributed by atoms with van der Waals surface area (Å²) in [7, 11) is 1.97. The van der Waals surface area contributed by atoms with Gasteiger partial charge in [0, 0.05) is 42.1 Å². The Labute approximate surface area is 165 Å². The summed E-state index contributed by atoms with van der Waals surface area (Å²) in [5.74, 6) is 0.0582. The van der Waals surface area contributed by atoms with Crippen LogP contribution in [0.3, 0.4) is 0 Å². The van der Waals surface area contributed by atoms with E-state index in [1.807, 2.05) is 42.3 Å². The second kappa shape index (κ2) is 9.97. The first-order valence-corrected chi connectivity index (χ1v) is 8.22. The fraction of sp³-hybridized carbons (Fsp3) is 0.333. The Morgan fingerprint density at radius 1 is 1.12 bits per heavy atom. The summed E-state index contributed by atoms with van der Waals surface area (Å²) in [6, 6.07) is 9.97. The molecule has 1 amide bonds. The van der Waals surface area contributed by atoms with Crippen LogP contribution >= 0.6 is 36.4 Å². The van der Waals surface area contributed by atoms with Crippen molar-refractivity contribution < 1.29 is 4.79 Å². The van der Waals surface area contributed by atoms with Gasteiger partial charge in [0.1, 0.15) is 0 Å². The van der Waals surface area contributed by atoms with Crippen LogP contribution in [0.2, 0.25) is 5.02 Å². The third kappa shape index (κ3) is 5.32. The number of amides is 1. The molecule has 7 heteroatoms. The second-order valence-corrected chi connectivity index (χ2v) is 6.26. The van der Waals surface area contributed by atoms with Crippen molar-refractivity contribution >= 4 is 42.3 Å². The highest BCUT2D eigenvalue weighted by molar-refractivity contribution is 6.30. The van der Waals surface area contributed by atoms with Crippen molar-refractivity contribution in [2.75, 3.05) is 20.1 Å². The highest BCUT2D eigenvalue weighted by Gasteiger charge is 2.23. The van der Waals surface area contributed by atoms with Crippen molar-refractivity contribution in [3.63, 3.8) is 0 Å². The van der Waals surface area contributed by atoms with Gasteiger partial charge in [-0.1, -0.05) is 23.7 Å². The predicted octanol–water partition coefficient (Wildman–Crippen LogP) is 4.07. The molecular weight excluding hydrogens is 381 g/mol. The van der Waals surface area contributed by atoms with Crippen LogP contribution in [0.1, 0.15) is 23.2 Å². The molecule has 2 heterocycles. The number of aromatic nitrogens is 1. The molecule has 0 unspecified atom stereocenters. The van der Waals surface area contributed by atoms with E-state index in [-0.39, 0.29) is 30.7 Å². The zero-order chi connectivity index (χ0) is 16.2. The molecule has 0 radical (unpaired) electrons. The summed E-state index contributed by atoms with van der Waals surface area (Å²) >= 11 is 5.92. The van der Waals surface area contributed by atoms with Gasteiger partial charge in [0.2, 0.25) is 0 Å². The van der Waals surface area contributed by atoms with E-state index in [0.717, 1.165) is 37.1 Å². The Balaban J connectivity index is 0.00000156. The molecule has 1 aliphatic heterocycles. The molecule has 0 aliphatic carbocycles. The van der Waals surface area contributed by atoms with Gasteiger partial charge in [-0.2, -0.15) is 0 Å². The molecule has 1 aliphatic rings. The molecule has 1 fully saturated rings. The maximum Gasteiger partial charge on any atom is 0.255 e. The molecule has 0 bridgehead atoms. The van der Waals surface area contributed by atoms with E-state index in [9.17, 15) is 4.79 Å². The van der Waals surface area contributed by atoms with Crippen LogP contribution in [-0.2, 0) is 0 Å². The number of nitrogens with one attached hydrogen (secondary N) is 1. The van der Waals surface area contributed by atoms with Crippen LogP contribution in [0.5, 0.6) is 0 Å². The van der Waals surface area contributed by atoms with Gasteiger partial charge >= 0.3 is 0 Å². The average Bonchev–Trinajstić information content (AvgIpc) is 2.62. The van der Waals surface area contributed by atoms with Crippen molar-refractivity contribution in [1.82, 2.24) is 15.2 Å². The first kappa shape index (κ1) is 21.7. The van der Waals surface area contributed by atoms with Gasteiger partial charge in [-0.25, -0.2) is 0 Å². The van der Waals surface area contributed by atoms with E-state index >= 15 is 0 Å². The number of likely N-dealkylation sites (tertiary alicyclic amines) is 1. The largest absolute Gasteiger partial charge is 0.338 e. The summed E-state index contributed by atoms with van der Waals surface area (Å²) in [5.41, 5.74) is 2.57. The Morgan fingerprint density at radius 2 is 1.76 bits per heavy atom. The number of hydrogen-bond acceptors (Lipinski definition) is 3. The number of hydrogen-bond donors (Lipinski definition) is 1. The third-order valence-electron chi connectivity index (χ3n) is 4.35. The van der Waals surface area contributed by atoms with Gasteiger partial charge in [0.15, 0.2) is 0 Å². The van der Waals surface area contributed by atoms with Crippen LogP contribution in [0.15, 0.2) is 42.7 Å². The van der Waals surface area contributed by atoms with E-state index in [1.165, 1.54) is 0 Å². The fourth-order valence-corrected chi connectivity index (χ4v) is 3.04. The highest BCUT2D eigenvalue weighted by atomic mass is 35.5. The molecule has 4 nitrogen and oxygen atoms in total. The van der Waals surface area contributed by atoms with Crippen molar-refractivity contribution in [1.29, 1.82) is 0 Å². The lowest BCUT2D eigenvalue weighted by atomic mass is 10.0. The van der Waals surface area contributed by atoms with Crippen LogP contribution in [0.4, 0.5) is 0 Å². The van der Waals surface area contributed by atoms with E-state index in [4.69, 9.17) is 11.6 Å². The zero-order valence-electron chi connectivity index (χ0n) is 13.9. The number of pyridine rings is 1. The first-order chi connectivity index (χ1) is 11.2. The first-order valence-electron chi connectivity index (χ1n) is 7.85. The van der Waals surface area contributed by atoms with E-state index < -0.39 is 0 Å². The van der Waals surface area contributed by atoms with Gasteiger partial charge in [-0.05, 0) is 43.7 Å². The van der Waals surface area contributed by atoms with Crippen LogP contribution in [0.25, 0.3) is 11.1 Å². The molecule has 136 valence electrons. The lowest BCUT2D eigenvalue weighted by Gasteiger charge is -2.31. The molecule has 0 saturated carbocycles. The highest BCUT2D eigenvalue weighted by Crippen LogP contribution is 2.22. The SMILES string of the molecule is CNC1CCN(C(=O)c2cncc(-c3ccc(Cl)cc3)c2)CC1.Cl.Cl. The minimum absolute atomic E-state index is 0. The van der Waals surface area contributed by atoms with Crippen LogP contribution in [0, 0.1) is 0 Å². The Morgan fingerprint density at radius 3 is 2.36 bits per heavy atom. The minimum atomic E-state index is 0. The van der Waals surface area contributed by atoms with Gasteiger partial charge in [0.25, 0.3) is 5.91 Å². The molecule has 1 N–H and O–H groups in total. The monoisotopic (exact) mass is 401 g/mol. The molecule has 0 atom stereocenters. The molecular formula is C18H22Cl3N3O. The molecule has 3 rings (SSSR count). The fourth-order valence-electron chi connectivity index (χ4n) is 2.91. The van der Waals surface area contributed by atoms with E-state index in [0.29, 0.717) is 16.6 Å². The van der Waals surface area contributed by atoms with Crippen LogP contribution < -0.4 is 5.32 Å². The Hall–Kier alpha value is -1.33. The molecule has 1 saturated heterocycles. The maximum atomic E-state index is 12.7. The van der Waals surface area contributed by atoms with E-state index in [2.05, 4.69) is 10.3 Å². The van der Waals surface area contributed by atoms with Crippen molar-refractivity contribution in [3.8, 4) is 11.1 Å². The smallest absolute Gasteiger partial charge is 0.255 e. The summed E-state index contributed by atoms with van der Waals surface area (Å²) in [6.45, 7) is 1.57. The molecule has 1 aromatic carbocycles. The summed E-state index contributed by atoms with van der Waals surface area (Å²) in [6.07, 6.45) is 5.40. The molecule has 1 aromatic heterocycles. The average molecular weight is 403 g/mol. The number of nitrogens with zero attached hydrogens (tertiary/aromatic N) is 2. The lowest BCUT2D eigenvalue weighted by Crippen LogP contribution is -2.43. The Kier molecular flexibility index (Phi) is 8.66. The number of halogens is 3. The number of benzene rings is 1. The van der Waals surface area contributed by atoms with E-state index in [1.54, 1.807) is 12.4 Å². The lowest BCUT2D eigenvalue weighted by molar-refractivity contribution is 0.0707. The van der Waals surface area contributed by atoms with Crippen molar-refractivity contribution in [2.24, 2.45) is 0 Å². The number of rotatable bonds is 3. The van der Waals surface area contributed by atoms with Gasteiger partial charge in [0.05, 0.1) is 5.56 Å². The van der Waals surface area contributed by atoms with Gasteiger partial charge < -0.3 is 10.2 Å². The minimum Gasteiger partial charge on any atom is -0.338 e. The van der Waals surface area contributed by atoms with Gasteiger partial charge in [-0.3, -0.25) is 9.78 Å². The second-order valence-electron chi connectivity index (χ2n) is 5.82. The summed E-state index contributed by atoms with van der Waals surface area (Å²) in [4.78, 5) is 18.8. The quantitative estimate of drug-likeness (QED) is 0.841.